The number of hydrogen-bond donors (Lipinski definition) is 2. The van der Waals surface area contributed by atoms with Gasteiger partial charge in [0, 0.05) is 7.11 Å². The second kappa shape index (κ2) is 3.92. The average molecular weight is 162 g/mol. The minimum atomic E-state index is -0.525. The summed E-state index contributed by atoms with van der Waals surface area (Å²) in [6.07, 6.45) is 0. The zero-order chi connectivity index (χ0) is 7.40. The summed E-state index contributed by atoms with van der Waals surface area (Å²) in [6.45, 7) is 0.969. The SMILES string of the molecule is COCC1=NCNC(O)S1. The first-order valence-corrected chi connectivity index (χ1v) is 3.81. The van der Waals surface area contributed by atoms with Crippen molar-refractivity contribution in [1.29, 1.82) is 0 Å². The number of nitrogens with one attached hydrogen (secondary N) is 1. The molecule has 0 fully saturated rings. The maximum absolute atomic E-state index is 9.02. The van der Waals surface area contributed by atoms with Gasteiger partial charge < -0.3 is 9.84 Å². The van der Waals surface area contributed by atoms with Crippen LogP contribution in [0.4, 0.5) is 0 Å². The van der Waals surface area contributed by atoms with E-state index in [0.29, 0.717) is 13.3 Å². The van der Waals surface area contributed by atoms with Gasteiger partial charge in [0.05, 0.1) is 18.3 Å². The molecule has 58 valence electrons. The molecule has 1 heterocycles. The Bertz CT molecular complexity index is 140. The summed E-state index contributed by atoms with van der Waals surface area (Å²) in [5.41, 5.74) is -0.525. The normalized spacial score (nSPS) is 26.2. The zero-order valence-corrected chi connectivity index (χ0v) is 6.52. The van der Waals surface area contributed by atoms with E-state index in [1.807, 2.05) is 0 Å². The quantitative estimate of drug-likeness (QED) is 0.580. The fraction of sp³-hybridized carbons (Fsp3) is 0.800. The third-order valence-corrected chi connectivity index (χ3v) is 1.95. The molecule has 4 nitrogen and oxygen atoms in total. The Morgan fingerprint density at radius 3 is 3.40 bits per heavy atom. The highest BCUT2D eigenvalue weighted by molar-refractivity contribution is 8.14. The van der Waals surface area contributed by atoms with Crippen LogP contribution in [0.5, 0.6) is 0 Å². The maximum atomic E-state index is 9.02. The Balaban J connectivity index is 2.36. The summed E-state index contributed by atoms with van der Waals surface area (Å²) in [4.78, 5) is 4.05. The number of aliphatic hydroxyl groups excluding tert-OH is 1. The van der Waals surface area contributed by atoms with Crippen molar-refractivity contribution in [2.45, 2.75) is 5.56 Å². The molecule has 0 aliphatic carbocycles. The molecule has 5 heteroatoms. The minimum absolute atomic E-state index is 0.479. The second-order valence-electron chi connectivity index (χ2n) is 1.82. The summed E-state index contributed by atoms with van der Waals surface area (Å²) in [7, 11) is 1.61. The third kappa shape index (κ3) is 2.26. The summed E-state index contributed by atoms with van der Waals surface area (Å²) in [5.74, 6) is 0. The Labute approximate surface area is 63.7 Å². The molecule has 0 aromatic rings. The van der Waals surface area contributed by atoms with Crippen LogP contribution in [-0.4, -0.2) is 36.1 Å². The number of aliphatic hydroxyl groups is 1. The lowest BCUT2D eigenvalue weighted by Crippen LogP contribution is -2.32. The van der Waals surface area contributed by atoms with Crippen molar-refractivity contribution in [2.24, 2.45) is 4.99 Å². The summed E-state index contributed by atoms with van der Waals surface area (Å²) in [6, 6.07) is 0. The van der Waals surface area contributed by atoms with Crippen molar-refractivity contribution in [1.82, 2.24) is 5.32 Å². The number of hydrogen-bond acceptors (Lipinski definition) is 5. The standard InChI is InChI=1S/C5H10N2O2S/c1-9-2-4-6-3-7-5(8)10-4/h5,7-8H,2-3H2,1H3. The van der Waals surface area contributed by atoms with Gasteiger partial charge in [-0.25, -0.2) is 0 Å². The average Bonchev–Trinajstić information content (AvgIpc) is 1.88. The van der Waals surface area contributed by atoms with E-state index in [2.05, 4.69) is 10.3 Å². The van der Waals surface area contributed by atoms with E-state index in [9.17, 15) is 0 Å². The lowest BCUT2D eigenvalue weighted by Gasteiger charge is -2.17. The molecule has 0 amide bonds. The van der Waals surface area contributed by atoms with Crippen molar-refractivity contribution in [2.75, 3.05) is 20.4 Å². The first-order chi connectivity index (χ1) is 4.83. The molecule has 0 aromatic carbocycles. The van der Waals surface area contributed by atoms with Crippen LogP contribution < -0.4 is 5.32 Å². The zero-order valence-electron chi connectivity index (χ0n) is 5.70. The van der Waals surface area contributed by atoms with Gasteiger partial charge in [0.15, 0.2) is 5.56 Å². The van der Waals surface area contributed by atoms with Crippen LogP contribution >= 0.6 is 11.8 Å². The highest BCUT2D eigenvalue weighted by Gasteiger charge is 2.12. The van der Waals surface area contributed by atoms with Gasteiger partial charge in [0.1, 0.15) is 0 Å². The lowest BCUT2D eigenvalue weighted by atomic mass is 10.7. The number of aliphatic imine (C=N–C) groups is 1. The summed E-state index contributed by atoms with van der Waals surface area (Å²) in [5, 5.41) is 12.6. The molecule has 1 aliphatic heterocycles. The van der Waals surface area contributed by atoms with E-state index in [1.165, 1.54) is 11.8 Å². The van der Waals surface area contributed by atoms with Crippen LogP contribution in [0.1, 0.15) is 0 Å². The summed E-state index contributed by atoms with van der Waals surface area (Å²) < 4.78 is 4.84. The van der Waals surface area contributed by atoms with Crippen molar-refractivity contribution in [3.8, 4) is 0 Å². The Kier molecular flexibility index (Phi) is 3.14. The van der Waals surface area contributed by atoms with Crippen molar-refractivity contribution < 1.29 is 9.84 Å². The van der Waals surface area contributed by atoms with Gasteiger partial charge in [0.25, 0.3) is 0 Å². The largest absolute Gasteiger partial charge is 0.378 e. The Morgan fingerprint density at radius 1 is 2.00 bits per heavy atom. The smallest absolute Gasteiger partial charge is 0.160 e. The predicted molar refractivity (Wildman–Crippen MR) is 40.9 cm³/mol. The van der Waals surface area contributed by atoms with Gasteiger partial charge in [0.2, 0.25) is 0 Å². The number of ether oxygens (including phenoxy) is 1. The second-order valence-corrected chi connectivity index (χ2v) is 2.97. The van der Waals surface area contributed by atoms with E-state index in [0.717, 1.165) is 5.04 Å². The molecule has 0 radical (unpaired) electrons. The van der Waals surface area contributed by atoms with Crippen LogP contribution in [-0.2, 0) is 4.74 Å². The fourth-order valence-electron chi connectivity index (χ4n) is 0.623. The van der Waals surface area contributed by atoms with Crippen LogP contribution in [0.3, 0.4) is 0 Å². The van der Waals surface area contributed by atoms with Crippen molar-refractivity contribution in [3.05, 3.63) is 0 Å². The third-order valence-electron chi connectivity index (χ3n) is 1.04. The maximum Gasteiger partial charge on any atom is 0.160 e. The van der Waals surface area contributed by atoms with E-state index in [1.54, 1.807) is 7.11 Å². The van der Waals surface area contributed by atoms with Crippen LogP contribution in [0.15, 0.2) is 4.99 Å². The van der Waals surface area contributed by atoms with E-state index in [4.69, 9.17) is 9.84 Å². The molecule has 2 N–H and O–H groups in total. The molecule has 0 spiro atoms. The molecule has 1 aliphatic rings. The first-order valence-electron chi connectivity index (χ1n) is 2.93. The molecule has 0 saturated heterocycles. The van der Waals surface area contributed by atoms with Crippen molar-refractivity contribution >= 4 is 16.8 Å². The van der Waals surface area contributed by atoms with Gasteiger partial charge in [-0.05, 0) is 0 Å². The van der Waals surface area contributed by atoms with Crippen LogP contribution in [0.25, 0.3) is 0 Å². The van der Waals surface area contributed by atoms with Gasteiger partial charge in [-0.3, -0.25) is 10.3 Å². The van der Waals surface area contributed by atoms with E-state index < -0.39 is 5.56 Å². The van der Waals surface area contributed by atoms with E-state index >= 15 is 0 Å². The monoisotopic (exact) mass is 162 g/mol. The van der Waals surface area contributed by atoms with E-state index in [-0.39, 0.29) is 0 Å². The van der Waals surface area contributed by atoms with Crippen LogP contribution in [0, 0.1) is 0 Å². The lowest BCUT2D eigenvalue weighted by molar-refractivity contribution is 0.222. The van der Waals surface area contributed by atoms with Gasteiger partial charge >= 0.3 is 0 Å². The topological polar surface area (TPSA) is 53.8 Å². The minimum Gasteiger partial charge on any atom is -0.378 e. The molecule has 0 saturated carbocycles. The molecule has 0 aromatic heterocycles. The molecular weight excluding hydrogens is 152 g/mol. The molecular formula is C5H10N2O2S. The molecule has 0 bridgehead atoms. The molecule has 1 atom stereocenters. The number of nitrogens with zero attached hydrogens (tertiary/aromatic N) is 1. The molecule has 10 heavy (non-hydrogen) atoms. The summed E-state index contributed by atoms with van der Waals surface area (Å²) >= 11 is 1.28. The number of rotatable bonds is 2. The van der Waals surface area contributed by atoms with Gasteiger partial charge in [-0.15, -0.1) is 0 Å². The van der Waals surface area contributed by atoms with Crippen molar-refractivity contribution in [3.63, 3.8) is 0 Å². The highest BCUT2D eigenvalue weighted by Crippen LogP contribution is 2.11. The van der Waals surface area contributed by atoms with Crippen LogP contribution in [0.2, 0.25) is 0 Å². The number of methoxy groups -OCH3 is 1. The Hall–Kier alpha value is -0.100. The predicted octanol–water partition coefficient (Wildman–Crippen LogP) is -0.399. The highest BCUT2D eigenvalue weighted by atomic mass is 32.2. The number of thioether (sulfide) groups is 1. The first kappa shape index (κ1) is 8.00. The molecule has 1 unspecified atom stereocenters. The van der Waals surface area contributed by atoms with Gasteiger partial charge in [-0.2, -0.15) is 0 Å². The molecule has 1 rings (SSSR count). The fourth-order valence-corrected chi connectivity index (χ4v) is 1.36. The Morgan fingerprint density at radius 2 is 2.80 bits per heavy atom. The van der Waals surface area contributed by atoms with Gasteiger partial charge in [-0.1, -0.05) is 11.8 Å².